The number of aryl methyl sites for hydroxylation is 1. The minimum atomic E-state index is -1.47. The maximum atomic E-state index is 8.74. The third-order valence-corrected chi connectivity index (χ3v) is 7.25. The number of hydrogen-bond acceptors (Lipinski definition) is 5. The number of rotatable bonds is 3. The Morgan fingerprint density at radius 1 is 0.902 bits per heavy atom. The second-order valence-electron chi connectivity index (χ2n) is 10.6. The smallest absolute Gasteiger partial charge is 0.216 e. The van der Waals surface area contributed by atoms with Crippen molar-refractivity contribution in [2.75, 3.05) is 0 Å². The molecule has 0 aliphatic heterocycles. The SMILES string of the molecule is [2H]C([2H])(c1csc2cnc(-c3[c-]ccc4c3oc3nc(C)ccc34)cc12)C(C)(C)C.[Ir].[c-]1ccccc1-c1ccccn1. The van der Waals surface area contributed by atoms with Gasteiger partial charge in [-0.25, -0.2) is 4.98 Å². The molecule has 1 radical (unpaired) electrons. The number of furan rings is 1. The third kappa shape index (κ3) is 6.30. The monoisotopic (exact) mass is 734 g/mol. The van der Waals surface area contributed by atoms with E-state index >= 15 is 0 Å². The maximum Gasteiger partial charge on any atom is 0.216 e. The number of aromatic nitrogens is 3. The first kappa shape index (κ1) is 26.2. The zero-order valence-corrected chi connectivity index (χ0v) is 26.4. The zero-order valence-electron chi connectivity index (χ0n) is 25.2. The standard InChI is InChI=1S/C24H21N2OS.C11H8N.Ir/c1-14-8-9-17-16-6-5-7-18(22(16)27-23(17)26-14)20-10-19-15(11-24(2,3)4)13-28-21(19)12-25-20;1-2-6-10(7-3-1)11-8-4-5-9-12-11;/h5-6,8-10,12-13H,11H2,1-4H3;1-6,8-9H;/q2*-1;/i11D2;;. The van der Waals surface area contributed by atoms with Crippen molar-refractivity contribution in [1.29, 1.82) is 0 Å². The molecular formula is C35H29IrN3OS-2. The van der Waals surface area contributed by atoms with E-state index in [0.717, 1.165) is 43.4 Å². The van der Waals surface area contributed by atoms with Crippen LogP contribution in [0.1, 0.15) is 34.8 Å². The minimum Gasteiger partial charge on any atom is -0.486 e. The normalized spacial score (nSPS) is 12.4. The number of thiophene rings is 1. The van der Waals surface area contributed by atoms with Crippen molar-refractivity contribution in [2.24, 2.45) is 5.41 Å². The maximum absolute atomic E-state index is 8.74. The fourth-order valence-corrected chi connectivity index (χ4v) is 5.39. The fourth-order valence-electron chi connectivity index (χ4n) is 4.55. The molecule has 0 unspecified atom stereocenters. The van der Waals surface area contributed by atoms with Gasteiger partial charge in [-0.3, -0.25) is 0 Å². The Balaban J connectivity index is 0.000000238. The predicted octanol–water partition coefficient (Wildman–Crippen LogP) is 9.50. The third-order valence-electron chi connectivity index (χ3n) is 6.31. The minimum absolute atomic E-state index is 0. The second kappa shape index (κ2) is 12.0. The number of fused-ring (bicyclic) bond motifs is 4. The van der Waals surface area contributed by atoms with Crippen molar-refractivity contribution in [3.05, 3.63) is 114 Å². The van der Waals surface area contributed by atoms with Crippen LogP contribution in [0.2, 0.25) is 0 Å². The van der Waals surface area contributed by atoms with Gasteiger partial charge in [-0.05, 0) is 64.6 Å². The van der Waals surface area contributed by atoms with E-state index < -0.39 is 11.8 Å². The molecule has 0 fully saturated rings. The van der Waals surface area contributed by atoms with E-state index in [1.165, 1.54) is 11.3 Å². The van der Waals surface area contributed by atoms with Gasteiger partial charge in [0.2, 0.25) is 5.71 Å². The van der Waals surface area contributed by atoms with Crippen LogP contribution in [0.3, 0.4) is 0 Å². The van der Waals surface area contributed by atoms with Crippen LogP contribution in [0, 0.1) is 24.5 Å². The first-order valence-electron chi connectivity index (χ1n) is 14.1. The van der Waals surface area contributed by atoms with Crippen LogP contribution in [0.4, 0.5) is 0 Å². The molecule has 5 aromatic heterocycles. The van der Waals surface area contributed by atoms with Crippen molar-refractivity contribution in [2.45, 2.75) is 34.1 Å². The van der Waals surface area contributed by atoms with Gasteiger partial charge in [-0.15, -0.1) is 65.4 Å². The van der Waals surface area contributed by atoms with Crippen molar-refractivity contribution >= 4 is 43.5 Å². The largest absolute Gasteiger partial charge is 0.486 e. The molecule has 0 aliphatic rings. The van der Waals surface area contributed by atoms with Gasteiger partial charge in [-0.2, -0.15) is 0 Å². The first-order chi connectivity index (χ1) is 20.1. The van der Waals surface area contributed by atoms with Crippen LogP contribution in [-0.2, 0) is 26.5 Å². The molecule has 0 saturated heterocycles. The van der Waals surface area contributed by atoms with Crippen LogP contribution in [0.15, 0.2) is 95.0 Å². The van der Waals surface area contributed by atoms with Crippen LogP contribution < -0.4 is 0 Å². The topological polar surface area (TPSA) is 51.8 Å². The molecule has 4 nitrogen and oxygen atoms in total. The number of pyridine rings is 3. The molecule has 2 aromatic carbocycles. The molecule has 0 atom stereocenters. The van der Waals surface area contributed by atoms with Crippen molar-refractivity contribution in [3.63, 3.8) is 0 Å². The molecule has 5 heterocycles. The van der Waals surface area contributed by atoms with E-state index in [1.807, 2.05) is 112 Å². The van der Waals surface area contributed by atoms with Crippen molar-refractivity contribution in [1.82, 2.24) is 15.0 Å². The van der Waals surface area contributed by atoms with E-state index in [4.69, 9.17) is 7.16 Å². The average Bonchev–Trinajstić information content (AvgIpc) is 3.59. The van der Waals surface area contributed by atoms with E-state index in [-0.39, 0.29) is 20.1 Å². The summed E-state index contributed by atoms with van der Waals surface area (Å²) in [6.45, 7) is 7.72. The summed E-state index contributed by atoms with van der Waals surface area (Å²) < 4.78 is 24.5. The molecule has 207 valence electrons. The van der Waals surface area contributed by atoms with Crippen LogP contribution in [0.25, 0.3) is 54.7 Å². The molecule has 7 rings (SSSR count). The summed E-state index contributed by atoms with van der Waals surface area (Å²) >= 11 is 1.52. The Kier molecular flexibility index (Phi) is 7.70. The molecule has 6 heteroatoms. The van der Waals surface area contributed by atoms with Gasteiger partial charge in [-0.1, -0.05) is 49.9 Å². The van der Waals surface area contributed by atoms with Gasteiger partial charge in [0.1, 0.15) is 0 Å². The molecule has 0 bridgehead atoms. The Labute approximate surface area is 260 Å². The second-order valence-corrected chi connectivity index (χ2v) is 11.5. The van der Waals surface area contributed by atoms with Crippen LogP contribution >= 0.6 is 11.3 Å². The molecule has 0 N–H and O–H groups in total. The Hall–Kier alpha value is -3.70. The Morgan fingerprint density at radius 3 is 2.51 bits per heavy atom. The summed E-state index contributed by atoms with van der Waals surface area (Å²) in [4.78, 5) is 13.4. The van der Waals surface area contributed by atoms with Gasteiger partial charge in [0.05, 0.1) is 10.3 Å². The molecule has 0 spiro atoms. The molecule has 0 amide bonds. The molecule has 7 aromatic rings. The van der Waals surface area contributed by atoms with Crippen LogP contribution in [0.5, 0.6) is 0 Å². The Morgan fingerprint density at radius 2 is 1.76 bits per heavy atom. The zero-order chi connectivity index (χ0) is 29.5. The van der Waals surface area contributed by atoms with Gasteiger partial charge >= 0.3 is 0 Å². The van der Waals surface area contributed by atoms with Gasteiger partial charge < -0.3 is 14.4 Å². The summed E-state index contributed by atoms with van der Waals surface area (Å²) in [5.41, 5.74) is 5.87. The summed E-state index contributed by atoms with van der Waals surface area (Å²) in [6, 6.07) is 29.9. The molecule has 0 saturated carbocycles. The summed E-state index contributed by atoms with van der Waals surface area (Å²) in [6.07, 6.45) is 2.13. The van der Waals surface area contributed by atoms with Crippen LogP contribution in [-0.4, -0.2) is 15.0 Å². The molecule has 41 heavy (non-hydrogen) atoms. The average molecular weight is 734 g/mol. The number of benzene rings is 2. The Bertz CT molecular complexity index is 1980. The van der Waals surface area contributed by atoms with Crippen molar-refractivity contribution < 1.29 is 27.3 Å². The van der Waals surface area contributed by atoms with E-state index in [0.29, 0.717) is 22.6 Å². The summed E-state index contributed by atoms with van der Waals surface area (Å²) in [7, 11) is 0. The van der Waals surface area contributed by atoms with E-state index in [9.17, 15) is 0 Å². The van der Waals surface area contributed by atoms with Gasteiger partial charge in [0.25, 0.3) is 0 Å². The summed E-state index contributed by atoms with van der Waals surface area (Å²) in [5, 5.41) is 4.75. The van der Waals surface area contributed by atoms with Gasteiger partial charge in [0.15, 0.2) is 0 Å². The fraction of sp³-hybridized carbons (Fsp3) is 0.171. The van der Waals surface area contributed by atoms with Gasteiger partial charge in [0, 0.05) is 46.3 Å². The van der Waals surface area contributed by atoms with Crippen molar-refractivity contribution in [3.8, 4) is 22.5 Å². The number of hydrogen-bond donors (Lipinski definition) is 0. The quantitative estimate of drug-likeness (QED) is 0.170. The molecular weight excluding hydrogens is 703 g/mol. The predicted molar refractivity (Wildman–Crippen MR) is 165 cm³/mol. The van der Waals surface area contributed by atoms with E-state index in [2.05, 4.69) is 27.1 Å². The number of nitrogens with zero attached hydrogens (tertiary/aromatic N) is 3. The van der Waals surface area contributed by atoms with E-state index in [1.54, 1.807) is 6.20 Å². The summed E-state index contributed by atoms with van der Waals surface area (Å²) in [5.74, 6) is 0. The molecule has 0 aliphatic carbocycles. The first-order valence-corrected chi connectivity index (χ1v) is 14.0.